The fourth-order valence-corrected chi connectivity index (χ4v) is 4.64. The number of carbonyl (C=O) groups is 3. The quantitative estimate of drug-likeness (QED) is 0.593. The third-order valence-electron chi connectivity index (χ3n) is 6.64. The molecular formula is C28H32N2O5. The number of morpholine rings is 1. The van der Waals surface area contributed by atoms with Gasteiger partial charge < -0.3 is 19.3 Å². The van der Waals surface area contributed by atoms with Gasteiger partial charge in [-0.2, -0.15) is 0 Å². The van der Waals surface area contributed by atoms with Crippen molar-refractivity contribution in [3.05, 3.63) is 82.1 Å². The van der Waals surface area contributed by atoms with Crippen LogP contribution in [0, 0.1) is 6.92 Å². The second-order valence-electron chi connectivity index (χ2n) is 8.97. The highest BCUT2D eigenvalue weighted by Crippen LogP contribution is 2.37. The monoisotopic (exact) mass is 476 g/mol. The van der Waals surface area contributed by atoms with Crippen molar-refractivity contribution in [3.63, 3.8) is 0 Å². The molecule has 1 unspecified atom stereocenters. The molecule has 0 N–H and O–H groups in total. The summed E-state index contributed by atoms with van der Waals surface area (Å²) in [5.74, 6) is -0.795. The van der Waals surface area contributed by atoms with Crippen LogP contribution in [0.3, 0.4) is 0 Å². The van der Waals surface area contributed by atoms with Gasteiger partial charge >= 0.3 is 5.97 Å². The van der Waals surface area contributed by atoms with Gasteiger partial charge in [0.25, 0.3) is 5.91 Å². The van der Waals surface area contributed by atoms with Crippen LogP contribution in [0.5, 0.6) is 0 Å². The fourth-order valence-electron chi connectivity index (χ4n) is 4.64. The molecule has 0 spiro atoms. The Morgan fingerprint density at radius 2 is 1.66 bits per heavy atom. The van der Waals surface area contributed by atoms with Crippen LogP contribution in [0.25, 0.3) is 0 Å². The van der Waals surface area contributed by atoms with Crippen molar-refractivity contribution in [1.82, 2.24) is 9.80 Å². The van der Waals surface area contributed by atoms with Gasteiger partial charge in [-0.15, -0.1) is 0 Å². The van der Waals surface area contributed by atoms with Crippen molar-refractivity contribution < 1.29 is 23.9 Å². The zero-order chi connectivity index (χ0) is 24.9. The number of esters is 1. The number of rotatable bonds is 6. The van der Waals surface area contributed by atoms with Gasteiger partial charge in [0, 0.05) is 36.7 Å². The largest absolute Gasteiger partial charge is 0.463 e. The van der Waals surface area contributed by atoms with Crippen LogP contribution < -0.4 is 0 Å². The van der Waals surface area contributed by atoms with Gasteiger partial charge in [-0.25, -0.2) is 4.79 Å². The summed E-state index contributed by atoms with van der Waals surface area (Å²) in [6.07, 6.45) is 0.197. The first-order chi connectivity index (χ1) is 16.9. The number of carbonyl (C=O) groups excluding carboxylic acids is 3. The predicted molar refractivity (Wildman–Crippen MR) is 132 cm³/mol. The molecule has 0 aliphatic carbocycles. The Bertz CT molecular complexity index is 1120. The molecule has 0 radical (unpaired) electrons. The Morgan fingerprint density at radius 1 is 1.00 bits per heavy atom. The van der Waals surface area contributed by atoms with Gasteiger partial charge in [0.15, 0.2) is 0 Å². The molecule has 1 atom stereocenters. The molecule has 4 rings (SSSR count). The number of nitrogens with zero attached hydrogens (tertiary/aromatic N) is 2. The SMILES string of the molecule is CCOC(=O)C1=C(C)N(Cc2ccc(C(=O)N3CCOCC3)cc2)C(=O)CC1c1ccc(C)cc1. The first-order valence-corrected chi connectivity index (χ1v) is 12.1. The minimum Gasteiger partial charge on any atom is -0.463 e. The molecule has 0 saturated carbocycles. The maximum Gasteiger partial charge on any atom is 0.336 e. The number of hydrogen-bond donors (Lipinski definition) is 0. The maximum atomic E-state index is 13.2. The van der Waals surface area contributed by atoms with Crippen molar-refractivity contribution >= 4 is 17.8 Å². The topological polar surface area (TPSA) is 76.2 Å². The number of hydrogen-bond acceptors (Lipinski definition) is 5. The summed E-state index contributed by atoms with van der Waals surface area (Å²) in [5, 5.41) is 0. The zero-order valence-electron chi connectivity index (χ0n) is 20.6. The fraction of sp³-hybridized carbons (Fsp3) is 0.393. The summed E-state index contributed by atoms with van der Waals surface area (Å²) >= 11 is 0. The number of aryl methyl sites for hydroxylation is 1. The van der Waals surface area contributed by atoms with Gasteiger partial charge in [-0.05, 0) is 44.0 Å². The van der Waals surface area contributed by atoms with Crippen molar-refractivity contribution in [2.45, 2.75) is 39.7 Å². The highest BCUT2D eigenvalue weighted by atomic mass is 16.5. The van der Waals surface area contributed by atoms with E-state index in [1.165, 1.54) is 0 Å². The van der Waals surface area contributed by atoms with E-state index in [2.05, 4.69) is 0 Å². The second kappa shape index (κ2) is 10.9. The molecule has 2 aromatic rings. The van der Waals surface area contributed by atoms with E-state index in [-0.39, 0.29) is 36.7 Å². The van der Waals surface area contributed by atoms with Crippen LogP contribution in [0.1, 0.15) is 53.2 Å². The molecule has 0 aromatic heterocycles. The van der Waals surface area contributed by atoms with E-state index in [4.69, 9.17) is 9.47 Å². The third kappa shape index (κ3) is 5.46. The van der Waals surface area contributed by atoms with Crippen LogP contribution in [0.15, 0.2) is 59.8 Å². The molecule has 2 amide bonds. The summed E-state index contributed by atoms with van der Waals surface area (Å²) in [6.45, 7) is 8.46. The standard InChI is InChI=1S/C28H32N2O5/c1-4-35-28(33)26-20(3)30(25(31)17-24(26)22-9-5-19(2)6-10-22)18-21-7-11-23(12-8-21)27(32)29-13-15-34-16-14-29/h5-12,24H,4,13-18H2,1-3H3. The second-order valence-corrected chi connectivity index (χ2v) is 8.97. The summed E-state index contributed by atoms with van der Waals surface area (Å²) < 4.78 is 10.7. The number of ether oxygens (including phenoxy) is 2. The Kier molecular flexibility index (Phi) is 7.66. The lowest BCUT2D eigenvalue weighted by Gasteiger charge is -2.34. The molecule has 0 bridgehead atoms. The molecule has 184 valence electrons. The van der Waals surface area contributed by atoms with Crippen molar-refractivity contribution in [3.8, 4) is 0 Å². The van der Waals surface area contributed by atoms with E-state index in [0.29, 0.717) is 49.7 Å². The van der Waals surface area contributed by atoms with E-state index in [1.807, 2.05) is 43.3 Å². The summed E-state index contributed by atoms with van der Waals surface area (Å²) in [5.41, 5.74) is 4.67. The highest BCUT2D eigenvalue weighted by Gasteiger charge is 2.36. The van der Waals surface area contributed by atoms with Crippen LogP contribution in [0.2, 0.25) is 0 Å². The molecule has 1 fully saturated rings. The van der Waals surface area contributed by atoms with Crippen LogP contribution >= 0.6 is 0 Å². The average molecular weight is 477 g/mol. The normalized spacial score (nSPS) is 18.6. The van der Waals surface area contributed by atoms with E-state index in [0.717, 1.165) is 16.7 Å². The summed E-state index contributed by atoms with van der Waals surface area (Å²) in [4.78, 5) is 42.4. The minimum absolute atomic E-state index is 0.0180. The lowest BCUT2D eigenvalue weighted by molar-refractivity contribution is -0.140. The van der Waals surface area contributed by atoms with E-state index in [1.54, 1.807) is 35.8 Å². The van der Waals surface area contributed by atoms with E-state index >= 15 is 0 Å². The van der Waals surface area contributed by atoms with Gasteiger partial charge in [-0.1, -0.05) is 42.0 Å². The van der Waals surface area contributed by atoms with Crippen LogP contribution in [0.4, 0.5) is 0 Å². The van der Waals surface area contributed by atoms with E-state index < -0.39 is 0 Å². The molecule has 2 aromatic carbocycles. The molecule has 35 heavy (non-hydrogen) atoms. The molecule has 7 nitrogen and oxygen atoms in total. The first kappa shape index (κ1) is 24.7. The van der Waals surface area contributed by atoms with Crippen molar-refractivity contribution in [1.29, 1.82) is 0 Å². The van der Waals surface area contributed by atoms with Crippen molar-refractivity contribution in [2.75, 3.05) is 32.9 Å². The predicted octanol–water partition coefficient (Wildman–Crippen LogP) is 3.82. The Morgan fingerprint density at radius 3 is 2.29 bits per heavy atom. The lowest BCUT2D eigenvalue weighted by atomic mass is 9.83. The van der Waals surface area contributed by atoms with Gasteiger partial charge in [0.1, 0.15) is 0 Å². The molecule has 7 heteroatoms. The highest BCUT2D eigenvalue weighted by molar-refractivity contribution is 5.96. The van der Waals surface area contributed by atoms with Gasteiger partial charge in [0.05, 0.1) is 31.9 Å². The number of allylic oxidation sites excluding steroid dienone is 1. The molecule has 2 heterocycles. The first-order valence-electron chi connectivity index (χ1n) is 12.1. The van der Waals surface area contributed by atoms with Gasteiger partial charge in [0.2, 0.25) is 5.91 Å². The number of benzene rings is 2. The van der Waals surface area contributed by atoms with Crippen molar-refractivity contribution in [2.24, 2.45) is 0 Å². The molecule has 1 saturated heterocycles. The third-order valence-corrected chi connectivity index (χ3v) is 6.64. The van der Waals surface area contributed by atoms with Crippen LogP contribution in [-0.4, -0.2) is 60.5 Å². The van der Waals surface area contributed by atoms with Gasteiger partial charge in [-0.3, -0.25) is 9.59 Å². The molecule has 2 aliphatic heterocycles. The van der Waals surface area contributed by atoms with E-state index in [9.17, 15) is 14.4 Å². The Labute approximate surface area is 206 Å². The number of amides is 2. The minimum atomic E-state index is -0.389. The van der Waals surface area contributed by atoms with Crippen LogP contribution in [-0.2, 0) is 25.6 Å². The Hall–Kier alpha value is -3.45. The molecule has 2 aliphatic rings. The lowest BCUT2D eigenvalue weighted by Crippen LogP contribution is -2.40. The summed E-state index contributed by atoms with van der Waals surface area (Å²) in [7, 11) is 0. The summed E-state index contributed by atoms with van der Waals surface area (Å²) in [6, 6.07) is 15.2. The zero-order valence-corrected chi connectivity index (χ0v) is 20.6. The Balaban J connectivity index is 1.58. The average Bonchev–Trinajstić information content (AvgIpc) is 2.87. The maximum absolute atomic E-state index is 13.2. The molecular weight excluding hydrogens is 444 g/mol. The smallest absolute Gasteiger partial charge is 0.336 e.